The fourth-order valence-electron chi connectivity index (χ4n) is 3.36. The van der Waals surface area contributed by atoms with Gasteiger partial charge in [0, 0.05) is 30.2 Å². The molecular weight excluding hydrogens is 334 g/mol. The van der Waals surface area contributed by atoms with Gasteiger partial charge < -0.3 is 9.80 Å². The lowest BCUT2D eigenvalue weighted by Crippen LogP contribution is -2.33. The Morgan fingerprint density at radius 3 is 2.84 bits per heavy atom. The average Bonchev–Trinajstić information content (AvgIpc) is 3.17. The fraction of sp³-hybridized carbons (Fsp3) is 0.556. The van der Waals surface area contributed by atoms with E-state index in [1.807, 2.05) is 44.4 Å². The number of rotatable bonds is 5. The van der Waals surface area contributed by atoms with Gasteiger partial charge in [0.2, 0.25) is 5.91 Å². The van der Waals surface area contributed by atoms with Crippen LogP contribution in [0.15, 0.2) is 11.6 Å². The molecule has 0 aliphatic carbocycles. The van der Waals surface area contributed by atoms with E-state index < -0.39 is 0 Å². The maximum absolute atomic E-state index is 12.9. The van der Waals surface area contributed by atoms with E-state index in [1.165, 1.54) is 0 Å². The number of aromatic nitrogens is 3. The Morgan fingerprint density at radius 1 is 1.36 bits per heavy atom. The molecule has 0 radical (unpaired) electrons. The molecule has 0 spiro atoms. The predicted octanol–water partition coefficient (Wildman–Crippen LogP) is 2.52. The van der Waals surface area contributed by atoms with E-state index in [4.69, 9.17) is 4.98 Å². The van der Waals surface area contributed by atoms with Gasteiger partial charge in [-0.05, 0) is 40.8 Å². The Labute approximate surface area is 152 Å². The SMILES string of the molecule is Cc1ncc(CN(C)C)c(C2CCCN2C(=O)Cc2csc(C)n2)n1. The minimum absolute atomic E-state index is 0.0453. The molecule has 0 N–H and O–H groups in total. The summed E-state index contributed by atoms with van der Waals surface area (Å²) in [4.78, 5) is 30.4. The lowest BCUT2D eigenvalue weighted by atomic mass is 10.1. The van der Waals surface area contributed by atoms with Gasteiger partial charge in [-0.15, -0.1) is 11.3 Å². The number of hydrogen-bond acceptors (Lipinski definition) is 6. The number of likely N-dealkylation sites (tertiary alicyclic amines) is 1. The van der Waals surface area contributed by atoms with E-state index in [2.05, 4.69) is 14.9 Å². The van der Waals surface area contributed by atoms with Crippen LogP contribution in [0.5, 0.6) is 0 Å². The molecule has 1 fully saturated rings. The summed E-state index contributed by atoms with van der Waals surface area (Å²) in [6, 6.07) is 0.0453. The summed E-state index contributed by atoms with van der Waals surface area (Å²) >= 11 is 1.59. The molecule has 0 bridgehead atoms. The number of carbonyl (C=O) groups excluding carboxylic acids is 1. The number of nitrogens with zero attached hydrogens (tertiary/aromatic N) is 5. The van der Waals surface area contributed by atoms with E-state index in [-0.39, 0.29) is 11.9 Å². The van der Waals surface area contributed by atoms with Gasteiger partial charge in [0.25, 0.3) is 0 Å². The quantitative estimate of drug-likeness (QED) is 0.821. The van der Waals surface area contributed by atoms with Gasteiger partial charge in [0.1, 0.15) is 5.82 Å². The van der Waals surface area contributed by atoms with E-state index in [0.717, 1.165) is 53.7 Å². The first-order valence-electron chi connectivity index (χ1n) is 8.61. The summed E-state index contributed by atoms with van der Waals surface area (Å²) < 4.78 is 0. The van der Waals surface area contributed by atoms with Crippen molar-refractivity contribution in [3.63, 3.8) is 0 Å². The summed E-state index contributed by atoms with van der Waals surface area (Å²) in [7, 11) is 4.07. The Bertz CT molecular complexity index is 758. The van der Waals surface area contributed by atoms with Gasteiger partial charge in [-0.2, -0.15) is 0 Å². The smallest absolute Gasteiger partial charge is 0.229 e. The number of aryl methyl sites for hydroxylation is 2. The first kappa shape index (κ1) is 17.9. The normalized spacial score (nSPS) is 17.5. The van der Waals surface area contributed by atoms with Crippen molar-refractivity contribution in [2.24, 2.45) is 0 Å². The predicted molar refractivity (Wildman–Crippen MR) is 98.4 cm³/mol. The van der Waals surface area contributed by atoms with Gasteiger partial charge >= 0.3 is 0 Å². The largest absolute Gasteiger partial charge is 0.334 e. The van der Waals surface area contributed by atoms with Crippen LogP contribution in [0.4, 0.5) is 0 Å². The van der Waals surface area contributed by atoms with E-state index in [1.54, 1.807) is 11.3 Å². The molecule has 7 heteroatoms. The van der Waals surface area contributed by atoms with Gasteiger partial charge in [-0.1, -0.05) is 0 Å². The standard InChI is InChI=1S/C18H25N5OS/c1-12-19-9-14(10-22(3)4)18(20-12)16-6-5-7-23(16)17(24)8-15-11-25-13(2)21-15/h9,11,16H,5-8,10H2,1-4H3. The van der Waals surface area contributed by atoms with Crippen molar-refractivity contribution in [2.75, 3.05) is 20.6 Å². The summed E-state index contributed by atoms with van der Waals surface area (Å²) in [6.45, 7) is 5.44. The van der Waals surface area contributed by atoms with Gasteiger partial charge in [-0.25, -0.2) is 15.0 Å². The van der Waals surface area contributed by atoms with Crippen LogP contribution in [0.25, 0.3) is 0 Å². The monoisotopic (exact) mass is 359 g/mol. The molecule has 1 saturated heterocycles. The average molecular weight is 359 g/mol. The van der Waals surface area contributed by atoms with Crippen LogP contribution < -0.4 is 0 Å². The second-order valence-corrected chi connectivity index (χ2v) is 7.91. The molecule has 2 aromatic rings. The Balaban J connectivity index is 1.83. The van der Waals surface area contributed by atoms with Gasteiger partial charge in [0.15, 0.2) is 0 Å². The van der Waals surface area contributed by atoms with Crippen LogP contribution in [0, 0.1) is 13.8 Å². The summed E-state index contributed by atoms with van der Waals surface area (Å²) in [5, 5.41) is 2.98. The second kappa shape index (κ2) is 7.58. The maximum Gasteiger partial charge on any atom is 0.229 e. The molecule has 3 rings (SSSR count). The van der Waals surface area contributed by atoms with Crippen molar-refractivity contribution in [1.29, 1.82) is 0 Å². The Morgan fingerprint density at radius 2 is 2.16 bits per heavy atom. The Hall–Kier alpha value is -1.86. The highest BCUT2D eigenvalue weighted by Crippen LogP contribution is 2.33. The number of hydrogen-bond donors (Lipinski definition) is 0. The molecule has 1 unspecified atom stereocenters. The minimum Gasteiger partial charge on any atom is -0.334 e. The maximum atomic E-state index is 12.9. The summed E-state index contributed by atoms with van der Waals surface area (Å²) in [5.41, 5.74) is 2.97. The first-order chi connectivity index (χ1) is 11.9. The van der Waals surface area contributed by atoms with Crippen molar-refractivity contribution in [2.45, 2.75) is 45.7 Å². The molecule has 1 amide bonds. The summed E-state index contributed by atoms with van der Waals surface area (Å²) in [5.74, 6) is 0.895. The van der Waals surface area contributed by atoms with Crippen LogP contribution in [0.2, 0.25) is 0 Å². The van der Waals surface area contributed by atoms with Crippen LogP contribution in [-0.4, -0.2) is 51.3 Å². The van der Waals surface area contributed by atoms with E-state index in [0.29, 0.717) is 6.42 Å². The fourth-order valence-corrected chi connectivity index (χ4v) is 3.97. The van der Waals surface area contributed by atoms with Crippen molar-refractivity contribution >= 4 is 17.2 Å². The highest BCUT2D eigenvalue weighted by atomic mass is 32.1. The molecule has 1 aliphatic rings. The third-order valence-electron chi connectivity index (χ3n) is 4.39. The van der Waals surface area contributed by atoms with Crippen LogP contribution in [-0.2, 0) is 17.8 Å². The van der Waals surface area contributed by atoms with Crippen molar-refractivity contribution in [3.05, 3.63) is 39.4 Å². The van der Waals surface area contributed by atoms with Crippen LogP contribution in [0.3, 0.4) is 0 Å². The molecule has 1 atom stereocenters. The van der Waals surface area contributed by atoms with Gasteiger partial charge in [-0.3, -0.25) is 4.79 Å². The molecule has 2 aromatic heterocycles. The lowest BCUT2D eigenvalue weighted by molar-refractivity contribution is -0.131. The van der Waals surface area contributed by atoms with Crippen molar-refractivity contribution in [1.82, 2.24) is 24.8 Å². The molecular formula is C18H25N5OS. The minimum atomic E-state index is 0.0453. The van der Waals surface area contributed by atoms with E-state index in [9.17, 15) is 4.79 Å². The lowest BCUT2D eigenvalue weighted by Gasteiger charge is -2.26. The molecule has 0 aromatic carbocycles. The molecule has 3 heterocycles. The number of thiazole rings is 1. The van der Waals surface area contributed by atoms with Gasteiger partial charge in [0.05, 0.1) is 28.9 Å². The topological polar surface area (TPSA) is 62.2 Å². The zero-order valence-corrected chi connectivity index (χ0v) is 16.1. The number of amides is 1. The molecule has 25 heavy (non-hydrogen) atoms. The highest BCUT2D eigenvalue weighted by Gasteiger charge is 2.32. The Kier molecular flexibility index (Phi) is 5.44. The summed E-state index contributed by atoms with van der Waals surface area (Å²) in [6.07, 6.45) is 4.24. The second-order valence-electron chi connectivity index (χ2n) is 6.85. The molecule has 0 saturated carbocycles. The van der Waals surface area contributed by atoms with Crippen LogP contribution >= 0.6 is 11.3 Å². The molecule has 6 nitrogen and oxygen atoms in total. The highest BCUT2D eigenvalue weighted by molar-refractivity contribution is 7.09. The zero-order chi connectivity index (χ0) is 18.0. The number of carbonyl (C=O) groups is 1. The molecule has 134 valence electrons. The van der Waals surface area contributed by atoms with E-state index >= 15 is 0 Å². The van der Waals surface area contributed by atoms with Crippen molar-refractivity contribution < 1.29 is 4.79 Å². The van der Waals surface area contributed by atoms with Crippen molar-refractivity contribution in [3.8, 4) is 0 Å². The molecule has 1 aliphatic heterocycles. The first-order valence-corrected chi connectivity index (χ1v) is 9.49. The van der Waals surface area contributed by atoms with Crippen LogP contribution in [0.1, 0.15) is 46.7 Å². The zero-order valence-electron chi connectivity index (χ0n) is 15.3. The third kappa shape index (κ3) is 4.22. The third-order valence-corrected chi connectivity index (χ3v) is 5.22.